The van der Waals surface area contributed by atoms with Gasteiger partial charge >= 0.3 is 0 Å². The Balaban J connectivity index is 2.14. The molecule has 1 amide bonds. The Hall–Kier alpha value is -3.40. The van der Waals surface area contributed by atoms with Gasteiger partial charge in [-0.05, 0) is 30.4 Å². The van der Waals surface area contributed by atoms with E-state index in [1.807, 2.05) is 0 Å². The molecule has 0 aliphatic heterocycles. The van der Waals surface area contributed by atoms with Gasteiger partial charge in [0.15, 0.2) is 5.11 Å². The normalized spacial score (nSPS) is 9.89. The van der Waals surface area contributed by atoms with Crippen molar-refractivity contribution in [1.29, 1.82) is 0 Å². The summed E-state index contributed by atoms with van der Waals surface area (Å²) in [5.41, 5.74) is 0.526. The Morgan fingerprint density at radius 3 is 2.19 bits per heavy atom. The zero-order valence-corrected chi connectivity index (χ0v) is 15.6. The van der Waals surface area contributed by atoms with Crippen molar-refractivity contribution in [2.24, 2.45) is 0 Å². The first-order chi connectivity index (χ1) is 12.9. The maximum Gasteiger partial charge on any atom is 0.273 e. The highest BCUT2D eigenvalue weighted by Gasteiger charge is 2.15. The van der Waals surface area contributed by atoms with Crippen molar-refractivity contribution in [3.8, 4) is 17.2 Å². The number of non-ortho nitro benzene ring substituents is 1. The van der Waals surface area contributed by atoms with Crippen LogP contribution in [0.25, 0.3) is 0 Å². The molecular formula is C17H17N3O6S. The lowest BCUT2D eigenvalue weighted by atomic mass is 10.2. The Bertz CT molecular complexity index is 865. The van der Waals surface area contributed by atoms with E-state index in [4.69, 9.17) is 26.4 Å². The van der Waals surface area contributed by atoms with Crippen molar-refractivity contribution in [1.82, 2.24) is 5.32 Å². The maximum atomic E-state index is 12.4. The molecular weight excluding hydrogens is 374 g/mol. The van der Waals surface area contributed by atoms with Crippen molar-refractivity contribution < 1.29 is 23.9 Å². The summed E-state index contributed by atoms with van der Waals surface area (Å²) in [6, 6.07) is 8.68. The molecule has 0 spiro atoms. The summed E-state index contributed by atoms with van der Waals surface area (Å²) in [6.07, 6.45) is 0. The molecule has 2 N–H and O–H groups in total. The average Bonchev–Trinajstić information content (AvgIpc) is 2.67. The van der Waals surface area contributed by atoms with E-state index in [9.17, 15) is 14.9 Å². The van der Waals surface area contributed by atoms with Gasteiger partial charge in [0.05, 0.1) is 38.0 Å². The fourth-order valence-electron chi connectivity index (χ4n) is 2.16. The molecule has 0 heterocycles. The molecule has 2 aromatic rings. The fourth-order valence-corrected chi connectivity index (χ4v) is 2.37. The minimum Gasteiger partial charge on any atom is -0.497 e. The van der Waals surface area contributed by atoms with Gasteiger partial charge in [-0.1, -0.05) is 0 Å². The number of thiocarbonyl (C=S) groups is 1. The number of carbonyl (C=O) groups excluding carboxylic acids is 1. The highest BCUT2D eigenvalue weighted by atomic mass is 32.1. The standard InChI is InChI=1S/C17H17N3O6S/c1-24-12-6-10(7-13(9-12)25-2)16(21)19-17(27)18-14-5-4-11(20(22)23)8-15(14)26-3/h4-9H,1-3H3,(H2,18,19,21,27). The quantitative estimate of drug-likeness (QED) is 0.439. The van der Waals surface area contributed by atoms with Gasteiger partial charge in [0.25, 0.3) is 11.6 Å². The van der Waals surface area contributed by atoms with Crippen molar-refractivity contribution in [2.45, 2.75) is 0 Å². The monoisotopic (exact) mass is 391 g/mol. The van der Waals surface area contributed by atoms with E-state index in [1.54, 1.807) is 6.07 Å². The second-order valence-corrected chi connectivity index (χ2v) is 5.56. The predicted octanol–water partition coefficient (Wildman–Crippen LogP) is 2.75. The number of carbonyl (C=O) groups is 1. The third kappa shape index (κ3) is 5.05. The van der Waals surface area contributed by atoms with E-state index in [2.05, 4.69) is 10.6 Å². The zero-order valence-electron chi connectivity index (χ0n) is 14.8. The first kappa shape index (κ1) is 19.9. The predicted molar refractivity (Wildman–Crippen MR) is 103 cm³/mol. The Morgan fingerprint density at radius 2 is 1.67 bits per heavy atom. The molecule has 2 aromatic carbocycles. The molecule has 0 fully saturated rings. The number of benzene rings is 2. The summed E-state index contributed by atoms with van der Waals surface area (Å²) >= 11 is 5.13. The lowest BCUT2D eigenvalue weighted by Gasteiger charge is -2.13. The van der Waals surface area contributed by atoms with Gasteiger partial charge in [-0.25, -0.2) is 0 Å². The van der Waals surface area contributed by atoms with Crippen molar-refractivity contribution >= 4 is 34.6 Å². The number of methoxy groups -OCH3 is 3. The lowest BCUT2D eigenvalue weighted by molar-refractivity contribution is -0.384. The third-order valence-electron chi connectivity index (χ3n) is 3.48. The van der Waals surface area contributed by atoms with Gasteiger partial charge in [0.1, 0.15) is 17.2 Å². The Kier molecular flexibility index (Phi) is 6.50. The summed E-state index contributed by atoms with van der Waals surface area (Å²) in [5.74, 6) is 0.639. The first-order valence-electron chi connectivity index (χ1n) is 7.55. The molecule has 142 valence electrons. The number of nitro groups is 1. The van der Waals surface area contributed by atoms with Crippen LogP contribution in [0, 0.1) is 10.1 Å². The van der Waals surface area contributed by atoms with Gasteiger partial charge in [0.2, 0.25) is 0 Å². The summed E-state index contributed by atoms with van der Waals surface area (Å²) < 4.78 is 15.4. The molecule has 0 aromatic heterocycles. The molecule has 0 aliphatic carbocycles. The number of rotatable bonds is 6. The fraction of sp³-hybridized carbons (Fsp3) is 0.176. The molecule has 27 heavy (non-hydrogen) atoms. The van der Waals surface area contributed by atoms with E-state index in [-0.39, 0.29) is 22.1 Å². The Morgan fingerprint density at radius 1 is 1.04 bits per heavy atom. The number of hydrogen-bond acceptors (Lipinski definition) is 7. The van der Waals surface area contributed by atoms with Crippen molar-refractivity contribution in [3.05, 3.63) is 52.1 Å². The minimum absolute atomic E-state index is 0.00561. The van der Waals surface area contributed by atoms with Crippen LogP contribution in [0.1, 0.15) is 10.4 Å². The van der Waals surface area contributed by atoms with Crippen LogP contribution in [-0.4, -0.2) is 37.3 Å². The number of anilines is 1. The van der Waals surface area contributed by atoms with Crippen LogP contribution in [0.4, 0.5) is 11.4 Å². The van der Waals surface area contributed by atoms with Crippen LogP contribution in [-0.2, 0) is 0 Å². The number of ether oxygens (including phenoxy) is 3. The molecule has 0 aliphatic rings. The molecule has 0 saturated carbocycles. The first-order valence-corrected chi connectivity index (χ1v) is 7.96. The molecule has 0 unspecified atom stereocenters. The van der Waals surface area contributed by atoms with E-state index < -0.39 is 10.8 Å². The van der Waals surface area contributed by atoms with Crippen LogP contribution in [0.15, 0.2) is 36.4 Å². The topological polar surface area (TPSA) is 112 Å². The van der Waals surface area contributed by atoms with Gasteiger partial charge in [-0.2, -0.15) is 0 Å². The minimum atomic E-state index is -0.539. The summed E-state index contributed by atoms with van der Waals surface area (Å²) in [5, 5.41) is 16.1. The smallest absolute Gasteiger partial charge is 0.273 e. The molecule has 0 radical (unpaired) electrons. The molecule has 0 saturated heterocycles. The summed E-state index contributed by atoms with van der Waals surface area (Å²) in [6.45, 7) is 0. The number of nitrogens with zero attached hydrogens (tertiary/aromatic N) is 1. The van der Waals surface area contributed by atoms with Crippen LogP contribution < -0.4 is 24.8 Å². The lowest BCUT2D eigenvalue weighted by Crippen LogP contribution is -2.34. The number of nitro benzene ring substituents is 1. The van der Waals surface area contributed by atoms with Gasteiger partial charge in [-0.3, -0.25) is 20.2 Å². The van der Waals surface area contributed by atoms with E-state index in [0.717, 1.165) is 0 Å². The van der Waals surface area contributed by atoms with Crippen LogP contribution in [0.5, 0.6) is 17.2 Å². The van der Waals surface area contributed by atoms with E-state index >= 15 is 0 Å². The van der Waals surface area contributed by atoms with Gasteiger partial charge in [-0.15, -0.1) is 0 Å². The molecule has 10 heteroatoms. The highest BCUT2D eigenvalue weighted by molar-refractivity contribution is 7.80. The average molecular weight is 391 g/mol. The van der Waals surface area contributed by atoms with Crippen LogP contribution in [0.3, 0.4) is 0 Å². The van der Waals surface area contributed by atoms with Crippen LogP contribution >= 0.6 is 12.2 Å². The third-order valence-corrected chi connectivity index (χ3v) is 3.69. The number of amides is 1. The van der Waals surface area contributed by atoms with Gasteiger partial charge in [0, 0.05) is 17.7 Å². The maximum absolute atomic E-state index is 12.4. The van der Waals surface area contributed by atoms with Crippen molar-refractivity contribution in [2.75, 3.05) is 26.6 Å². The molecule has 9 nitrogen and oxygen atoms in total. The van der Waals surface area contributed by atoms with E-state index in [1.165, 1.54) is 51.7 Å². The van der Waals surface area contributed by atoms with Gasteiger partial charge < -0.3 is 19.5 Å². The second kappa shape index (κ2) is 8.81. The Labute approximate surface area is 160 Å². The second-order valence-electron chi connectivity index (χ2n) is 5.15. The molecule has 0 atom stereocenters. The number of nitrogens with one attached hydrogen (secondary N) is 2. The highest BCUT2D eigenvalue weighted by Crippen LogP contribution is 2.29. The van der Waals surface area contributed by atoms with Crippen molar-refractivity contribution in [3.63, 3.8) is 0 Å². The summed E-state index contributed by atoms with van der Waals surface area (Å²) in [7, 11) is 4.32. The summed E-state index contributed by atoms with van der Waals surface area (Å²) in [4.78, 5) is 22.7. The van der Waals surface area contributed by atoms with Crippen LogP contribution in [0.2, 0.25) is 0 Å². The zero-order chi connectivity index (χ0) is 20.0. The largest absolute Gasteiger partial charge is 0.497 e. The molecule has 0 bridgehead atoms. The number of hydrogen-bond donors (Lipinski definition) is 2. The SMILES string of the molecule is COc1cc(OC)cc(C(=O)NC(=S)Nc2ccc([N+](=O)[O-])cc2OC)c1. The molecule has 2 rings (SSSR count). The van der Waals surface area contributed by atoms with E-state index in [0.29, 0.717) is 17.2 Å².